The molecule has 1 atom stereocenters. The molecular formula is C25H24F2N2O5. The van der Waals surface area contributed by atoms with E-state index in [2.05, 4.69) is 5.32 Å². The number of halogens is 2. The number of urea groups is 1. The van der Waals surface area contributed by atoms with Gasteiger partial charge in [-0.25, -0.2) is 13.6 Å². The molecule has 178 valence electrons. The molecule has 0 radical (unpaired) electrons. The van der Waals surface area contributed by atoms with Crippen LogP contribution in [0.1, 0.15) is 23.6 Å². The third-order valence-electron chi connectivity index (χ3n) is 5.63. The number of benzene rings is 3. The Balaban J connectivity index is 1.72. The predicted octanol–water partition coefficient (Wildman–Crippen LogP) is 5.25. The first-order valence-corrected chi connectivity index (χ1v) is 10.6. The highest BCUT2D eigenvalue weighted by atomic mass is 19.1. The average Bonchev–Trinajstić information content (AvgIpc) is 2.84. The average molecular weight is 470 g/mol. The number of carbonyl (C=O) groups is 1. The van der Waals surface area contributed by atoms with Crippen molar-refractivity contribution in [1.82, 2.24) is 4.90 Å². The summed E-state index contributed by atoms with van der Waals surface area (Å²) in [6.45, 7) is 0.471. The van der Waals surface area contributed by atoms with Crippen LogP contribution in [-0.4, -0.2) is 36.9 Å². The molecule has 2 amide bonds. The lowest BCUT2D eigenvalue weighted by Crippen LogP contribution is -2.39. The van der Waals surface area contributed by atoms with Gasteiger partial charge in [-0.1, -0.05) is 18.2 Å². The van der Waals surface area contributed by atoms with Gasteiger partial charge in [0.2, 0.25) is 5.75 Å². The SMILES string of the molecule is COc1cc(CN(C(=O)Nc2ccc(F)cc2F)C2CCOc3ccccc32)cc(OC)c1O. The Hall–Kier alpha value is -4.01. The number of para-hydroxylation sites is 1. The van der Waals surface area contributed by atoms with Crippen molar-refractivity contribution < 1.29 is 32.9 Å². The molecule has 2 N–H and O–H groups in total. The van der Waals surface area contributed by atoms with Gasteiger partial charge in [-0.15, -0.1) is 0 Å². The van der Waals surface area contributed by atoms with E-state index in [4.69, 9.17) is 14.2 Å². The normalized spacial score (nSPS) is 14.5. The zero-order valence-electron chi connectivity index (χ0n) is 18.7. The van der Waals surface area contributed by atoms with E-state index in [1.807, 2.05) is 24.3 Å². The zero-order valence-corrected chi connectivity index (χ0v) is 18.7. The van der Waals surface area contributed by atoms with Crippen LogP contribution in [0.2, 0.25) is 0 Å². The molecule has 1 aliphatic rings. The van der Waals surface area contributed by atoms with Crippen LogP contribution in [0, 0.1) is 11.6 Å². The molecule has 3 aromatic rings. The highest BCUT2D eigenvalue weighted by Crippen LogP contribution is 2.40. The summed E-state index contributed by atoms with van der Waals surface area (Å²) < 4.78 is 43.8. The summed E-state index contributed by atoms with van der Waals surface area (Å²) >= 11 is 0. The minimum Gasteiger partial charge on any atom is -0.502 e. The number of nitrogens with zero attached hydrogens (tertiary/aromatic N) is 1. The monoisotopic (exact) mass is 470 g/mol. The van der Waals surface area contributed by atoms with Crippen molar-refractivity contribution in [3.8, 4) is 23.0 Å². The number of fused-ring (bicyclic) bond motifs is 1. The summed E-state index contributed by atoms with van der Waals surface area (Å²) in [5.41, 5.74) is 1.28. The number of hydrogen-bond donors (Lipinski definition) is 2. The van der Waals surface area contributed by atoms with E-state index in [-0.39, 0.29) is 35.5 Å². The van der Waals surface area contributed by atoms with Gasteiger partial charge in [-0.3, -0.25) is 0 Å². The number of amides is 2. The minimum absolute atomic E-state index is 0.0840. The zero-order chi connectivity index (χ0) is 24.2. The first-order chi connectivity index (χ1) is 16.4. The Bertz CT molecular complexity index is 1180. The Morgan fingerprint density at radius 3 is 2.50 bits per heavy atom. The summed E-state index contributed by atoms with van der Waals surface area (Å²) in [7, 11) is 2.82. The topological polar surface area (TPSA) is 80.3 Å². The fourth-order valence-corrected chi connectivity index (χ4v) is 3.98. The first-order valence-electron chi connectivity index (χ1n) is 10.6. The van der Waals surface area contributed by atoms with Gasteiger partial charge in [-0.05, 0) is 35.9 Å². The molecule has 3 aromatic carbocycles. The van der Waals surface area contributed by atoms with Gasteiger partial charge in [-0.2, -0.15) is 0 Å². The second kappa shape index (κ2) is 9.86. The van der Waals surface area contributed by atoms with Crippen molar-refractivity contribution in [3.63, 3.8) is 0 Å². The van der Waals surface area contributed by atoms with Gasteiger partial charge in [0.25, 0.3) is 0 Å². The Morgan fingerprint density at radius 2 is 1.82 bits per heavy atom. The number of nitrogens with one attached hydrogen (secondary N) is 1. The molecular weight excluding hydrogens is 446 g/mol. The molecule has 7 nitrogen and oxygen atoms in total. The molecule has 0 bridgehead atoms. The molecule has 0 spiro atoms. The summed E-state index contributed by atoms with van der Waals surface area (Å²) in [4.78, 5) is 15.0. The van der Waals surface area contributed by atoms with Crippen LogP contribution in [0.15, 0.2) is 54.6 Å². The summed E-state index contributed by atoms with van der Waals surface area (Å²) in [6, 6.07) is 12.6. The number of phenols is 1. The number of carbonyl (C=O) groups excluding carboxylic acids is 1. The van der Waals surface area contributed by atoms with Crippen LogP contribution in [-0.2, 0) is 6.54 Å². The van der Waals surface area contributed by atoms with Crippen molar-refractivity contribution in [1.29, 1.82) is 0 Å². The summed E-state index contributed by atoms with van der Waals surface area (Å²) in [6.07, 6.45) is 0.503. The maximum Gasteiger partial charge on any atom is 0.322 e. The minimum atomic E-state index is -0.881. The number of ether oxygens (including phenoxy) is 3. The van der Waals surface area contributed by atoms with Crippen molar-refractivity contribution in [2.75, 3.05) is 26.1 Å². The number of anilines is 1. The quantitative estimate of drug-likeness (QED) is 0.515. The van der Waals surface area contributed by atoms with Crippen LogP contribution in [0.25, 0.3) is 0 Å². The van der Waals surface area contributed by atoms with Gasteiger partial charge in [0, 0.05) is 24.6 Å². The van der Waals surface area contributed by atoms with E-state index in [9.17, 15) is 18.7 Å². The molecule has 0 aliphatic carbocycles. The van der Waals surface area contributed by atoms with Crippen molar-refractivity contribution >= 4 is 11.7 Å². The van der Waals surface area contributed by atoms with Gasteiger partial charge in [0.05, 0.1) is 32.6 Å². The summed E-state index contributed by atoms with van der Waals surface area (Å²) in [5, 5.41) is 12.8. The van der Waals surface area contributed by atoms with Gasteiger partial charge in [0.1, 0.15) is 17.4 Å². The second-order valence-electron chi connectivity index (χ2n) is 7.72. The van der Waals surface area contributed by atoms with Gasteiger partial charge in [0.15, 0.2) is 11.5 Å². The van der Waals surface area contributed by atoms with E-state index in [1.165, 1.54) is 25.2 Å². The fourth-order valence-electron chi connectivity index (χ4n) is 3.98. The van der Waals surface area contributed by atoms with Crippen molar-refractivity contribution in [2.45, 2.75) is 19.0 Å². The Labute approximate surface area is 195 Å². The summed E-state index contributed by atoms with van der Waals surface area (Å²) in [5.74, 6) is -0.749. The molecule has 1 aliphatic heterocycles. The van der Waals surface area contributed by atoms with Crippen LogP contribution >= 0.6 is 0 Å². The number of phenolic OH excluding ortho intramolecular Hbond substituents is 1. The molecule has 4 rings (SSSR count). The predicted molar refractivity (Wildman–Crippen MR) is 121 cm³/mol. The maximum absolute atomic E-state index is 14.3. The van der Waals surface area contributed by atoms with Crippen molar-refractivity contribution in [3.05, 3.63) is 77.4 Å². The number of rotatable bonds is 6. The molecule has 34 heavy (non-hydrogen) atoms. The first kappa shape index (κ1) is 23.2. The van der Waals surface area contributed by atoms with Crippen LogP contribution in [0.4, 0.5) is 19.3 Å². The van der Waals surface area contributed by atoms with E-state index in [0.29, 0.717) is 30.4 Å². The highest BCUT2D eigenvalue weighted by molar-refractivity contribution is 5.90. The third kappa shape index (κ3) is 4.68. The molecule has 0 saturated carbocycles. The second-order valence-corrected chi connectivity index (χ2v) is 7.72. The molecule has 1 heterocycles. The highest BCUT2D eigenvalue weighted by Gasteiger charge is 2.31. The third-order valence-corrected chi connectivity index (χ3v) is 5.63. The lowest BCUT2D eigenvalue weighted by Gasteiger charge is -2.36. The van der Waals surface area contributed by atoms with E-state index >= 15 is 0 Å². The standard InChI is InChI=1S/C25H24F2N2O5/c1-32-22-11-15(12-23(33-2)24(22)30)14-29(20-9-10-34-21-6-4-3-5-17(20)21)25(31)28-19-8-7-16(26)13-18(19)27/h3-8,11-13,20,30H,9-10,14H2,1-2H3,(H,28,31). The van der Waals surface area contributed by atoms with Gasteiger partial charge < -0.3 is 29.5 Å². The van der Waals surface area contributed by atoms with Crippen LogP contribution in [0.5, 0.6) is 23.0 Å². The van der Waals surface area contributed by atoms with E-state index in [0.717, 1.165) is 11.6 Å². The lowest BCUT2D eigenvalue weighted by molar-refractivity contribution is 0.150. The Kier molecular flexibility index (Phi) is 6.72. The fraction of sp³-hybridized carbons (Fsp3) is 0.240. The maximum atomic E-state index is 14.3. The number of aromatic hydroxyl groups is 1. The molecule has 1 unspecified atom stereocenters. The van der Waals surface area contributed by atoms with Crippen molar-refractivity contribution in [2.24, 2.45) is 0 Å². The lowest BCUT2D eigenvalue weighted by atomic mass is 9.98. The number of hydrogen-bond acceptors (Lipinski definition) is 5. The largest absolute Gasteiger partial charge is 0.502 e. The molecule has 9 heteroatoms. The smallest absolute Gasteiger partial charge is 0.322 e. The molecule has 0 aromatic heterocycles. The van der Waals surface area contributed by atoms with Gasteiger partial charge >= 0.3 is 6.03 Å². The van der Waals surface area contributed by atoms with E-state index < -0.39 is 17.7 Å². The van der Waals surface area contributed by atoms with Crippen LogP contribution in [0.3, 0.4) is 0 Å². The van der Waals surface area contributed by atoms with Crippen LogP contribution < -0.4 is 19.5 Å². The van der Waals surface area contributed by atoms with E-state index in [1.54, 1.807) is 12.1 Å². The number of methoxy groups -OCH3 is 2. The molecule has 0 fully saturated rings. The Morgan fingerprint density at radius 1 is 1.12 bits per heavy atom. The molecule has 0 saturated heterocycles.